The molecule has 1 saturated carbocycles. The van der Waals surface area contributed by atoms with Gasteiger partial charge in [-0.15, -0.1) is 0 Å². The summed E-state index contributed by atoms with van der Waals surface area (Å²) in [6.07, 6.45) is 6.43. The molecule has 2 aliphatic heterocycles. The van der Waals surface area contributed by atoms with Gasteiger partial charge in [0.1, 0.15) is 5.75 Å². The zero-order valence-electron chi connectivity index (χ0n) is 23.5. The van der Waals surface area contributed by atoms with Gasteiger partial charge in [0.05, 0.1) is 18.5 Å². The molecule has 3 aliphatic rings. The Hall–Kier alpha value is -3.59. The summed E-state index contributed by atoms with van der Waals surface area (Å²) in [7, 11) is 1.57. The summed E-state index contributed by atoms with van der Waals surface area (Å²) in [5, 5.41) is 6.41. The van der Waals surface area contributed by atoms with Crippen molar-refractivity contribution in [1.29, 1.82) is 0 Å². The summed E-state index contributed by atoms with van der Waals surface area (Å²) in [5.74, 6) is 0.756. The highest BCUT2D eigenvalue weighted by molar-refractivity contribution is 6.07. The van der Waals surface area contributed by atoms with Gasteiger partial charge in [0, 0.05) is 62.9 Å². The van der Waals surface area contributed by atoms with Gasteiger partial charge in [-0.2, -0.15) is 0 Å². The molecule has 0 atom stereocenters. The van der Waals surface area contributed by atoms with Crippen LogP contribution in [-0.2, 0) is 4.79 Å². The van der Waals surface area contributed by atoms with E-state index in [9.17, 15) is 14.4 Å². The SMILES string of the molecule is COc1cccc(C(=O)Nc2cc(C(=O)N3CCCNCC3)ccc2N2CCN(C(=O)C3CCCCC3)CC2)c1. The normalized spacial score (nSPS) is 18.7. The second-order valence-corrected chi connectivity index (χ2v) is 11.0. The van der Waals surface area contributed by atoms with Crippen LogP contribution in [0.5, 0.6) is 5.75 Å². The first-order valence-electron chi connectivity index (χ1n) is 14.7. The minimum atomic E-state index is -0.269. The number of hydrogen-bond acceptors (Lipinski definition) is 6. The fraction of sp³-hybridized carbons (Fsp3) is 0.516. The van der Waals surface area contributed by atoms with E-state index in [1.54, 1.807) is 37.4 Å². The lowest BCUT2D eigenvalue weighted by Crippen LogP contribution is -2.50. The van der Waals surface area contributed by atoms with Gasteiger partial charge < -0.3 is 30.1 Å². The molecule has 0 aromatic heterocycles. The molecular weight excluding hydrogens is 506 g/mol. The van der Waals surface area contributed by atoms with Crippen LogP contribution < -0.4 is 20.3 Å². The lowest BCUT2D eigenvalue weighted by atomic mass is 9.88. The van der Waals surface area contributed by atoms with Crippen molar-refractivity contribution in [3.05, 3.63) is 53.6 Å². The number of amides is 3. The summed E-state index contributed by atoms with van der Waals surface area (Å²) in [4.78, 5) is 45.9. The molecule has 3 amide bonds. The predicted molar refractivity (Wildman–Crippen MR) is 156 cm³/mol. The third-order valence-electron chi connectivity index (χ3n) is 8.34. The van der Waals surface area contributed by atoms with Crippen molar-refractivity contribution in [2.45, 2.75) is 38.5 Å². The number of piperazine rings is 1. The van der Waals surface area contributed by atoms with Crippen LogP contribution in [0.25, 0.3) is 0 Å². The molecular formula is C31H41N5O4. The Morgan fingerprint density at radius 2 is 1.62 bits per heavy atom. The van der Waals surface area contributed by atoms with Crippen LogP contribution in [-0.4, -0.2) is 87.0 Å². The van der Waals surface area contributed by atoms with Gasteiger partial charge in [0.25, 0.3) is 11.8 Å². The standard InChI is InChI=1S/C31H41N5O4/c1-40-26-10-5-9-24(21-26)29(37)33-27-22-25(31(39)35-15-6-13-32-14-16-35)11-12-28(27)34-17-19-36(20-18-34)30(38)23-7-3-2-4-8-23/h5,9-12,21-23,32H,2-4,6-8,13-20H2,1H3,(H,33,37). The summed E-state index contributed by atoms with van der Waals surface area (Å²) >= 11 is 0. The number of hydrogen-bond donors (Lipinski definition) is 2. The summed E-state index contributed by atoms with van der Waals surface area (Å²) in [6, 6.07) is 12.6. The highest BCUT2D eigenvalue weighted by atomic mass is 16.5. The number of benzene rings is 2. The molecule has 0 unspecified atom stereocenters. The fourth-order valence-corrected chi connectivity index (χ4v) is 6.01. The van der Waals surface area contributed by atoms with Crippen LogP contribution in [0.3, 0.4) is 0 Å². The Kier molecular flexibility index (Phi) is 9.21. The Balaban J connectivity index is 1.35. The van der Waals surface area contributed by atoms with Crippen molar-refractivity contribution in [2.24, 2.45) is 5.92 Å². The number of carbonyl (C=O) groups excluding carboxylic acids is 3. The lowest BCUT2D eigenvalue weighted by molar-refractivity contribution is -0.136. The minimum absolute atomic E-state index is 0.0324. The van der Waals surface area contributed by atoms with Crippen LogP contribution in [0.4, 0.5) is 11.4 Å². The maximum atomic E-state index is 13.4. The smallest absolute Gasteiger partial charge is 0.255 e. The average Bonchev–Trinajstić information content (AvgIpc) is 3.31. The van der Waals surface area contributed by atoms with Crippen LogP contribution >= 0.6 is 0 Å². The zero-order chi connectivity index (χ0) is 27.9. The second kappa shape index (κ2) is 13.2. The minimum Gasteiger partial charge on any atom is -0.497 e. The molecule has 1 aliphatic carbocycles. The number of nitrogens with one attached hydrogen (secondary N) is 2. The Bertz CT molecular complexity index is 1200. The van der Waals surface area contributed by atoms with E-state index in [1.807, 2.05) is 21.9 Å². The molecule has 2 aromatic carbocycles. The van der Waals surface area contributed by atoms with Gasteiger partial charge in [-0.1, -0.05) is 25.3 Å². The molecule has 3 fully saturated rings. The first-order chi connectivity index (χ1) is 19.5. The van der Waals surface area contributed by atoms with Crippen LogP contribution in [0.1, 0.15) is 59.2 Å². The van der Waals surface area contributed by atoms with Gasteiger partial charge in [0.15, 0.2) is 0 Å². The quantitative estimate of drug-likeness (QED) is 0.574. The Labute approximate surface area is 236 Å². The zero-order valence-corrected chi connectivity index (χ0v) is 23.5. The summed E-state index contributed by atoms with van der Waals surface area (Å²) in [5.41, 5.74) is 2.48. The van der Waals surface area contributed by atoms with Gasteiger partial charge >= 0.3 is 0 Å². The van der Waals surface area contributed by atoms with Crippen LogP contribution in [0, 0.1) is 5.92 Å². The van der Waals surface area contributed by atoms with Crippen molar-refractivity contribution < 1.29 is 19.1 Å². The van der Waals surface area contributed by atoms with E-state index >= 15 is 0 Å². The van der Waals surface area contributed by atoms with Gasteiger partial charge in [-0.05, 0) is 62.2 Å². The molecule has 0 radical (unpaired) electrons. The number of carbonyl (C=O) groups is 3. The number of methoxy groups -OCH3 is 1. The van der Waals surface area contributed by atoms with Gasteiger partial charge in [-0.25, -0.2) is 0 Å². The van der Waals surface area contributed by atoms with E-state index in [0.29, 0.717) is 67.7 Å². The molecule has 40 heavy (non-hydrogen) atoms. The maximum Gasteiger partial charge on any atom is 0.255 e. The van der Waals surface area contributed by atoms with E-state index in [1.165, 1.54) is 6.42 Å². The third-order valence-corrected chi connectivity index (χ3v) is 8.34. The van der Waals surface area contributed by atoms with E-state index < -0.39 is 0 Å². The van der Waals surface area contributed by atoms with Crippen molar-refractivity contribution in [3.8, 4) is 5.75 Å². The Morgan fingerprint density at radius 3 is 2.40 bits per heavy atom. The van der Waals surface area contributed by atoms with Crippen LogP contribution in [0.2, 0.25) is 0 Å². The average molecular weight is 548 g/mol. The predicted octanol–water partition coefficient (Wildman–Crippen LogP) is 3.61. The summed E-state index contributed by atoms with van der Waals surface area (Å²) in [6.45, 7) is 5.68. The fourth-order valence-electron chi connectivity index (χ4n) is 6.01. The molecule has 2 saturated heterocycles. The van der Waals surface area contributed by atoms with E-state index in [2.05, 4.69) is 15.5 Å². The lowest BCUT2D eigenvalue weighted by Gasteiger charge is -2.39. The van der Waals surface area contributed by atoms with Crippen molar-refractivity contribution >= 4 is 29.1 Å². The largest absolute Gasteiger partial charge is 0.497 e. The molecule has 9 heteroatoms. The molecule has 0 spiro atoms. The molecule has 2 aromatic rings. The number of ether oxygens (including phenoxy) is 1. The van der Waals surface area contributed by atoms with Crippen LogP contribution in [0.15, 0.2) is 42.5 Å². The second-order valence-electron chi connectivity index (χ2n) is 11.0. The molecule has 214 valence electrons. The monoisotopic (exact) mass is 547 g/mol. The van der Waals surface area contributed by atoms with Gasteiger partial charge in [-0.3, -0.25) is 14.4 Å². The number of rotatable bonds is 6. The molecule has 2 N–H and O–H groups in total. The Morgan fingerprint density at radius 1 is 0.825 bits per heavy atom. The first kappa shape index (κ1) is 28.0. The van der Waals surface area contributed by atoms with Crippen molar-refractivity contribution in [1.82, 2.24) is 15.1 Å². The van der Waals surface area contributed by atoms with E-state index in [-0.39, 0.29) is 17.7 Å². The van der Waals surface area contributed by atoms with E-state index in [4.69, 9.17) is 4.74 Å². The number of anilines is 2. The maximum absolute atomic E-state index is 13.4. The molecule has 5 rings (SSSR count). The summed E-state index contributed by atoms with van der Waals surface area (Å²) < 4.78 is 5.30. The molecule has 2 heterocycles. The third kappa shape index (κ3) is 6.58. The van der Waals surface area contributed by atoms with Gasteiger partial charge in [0.2, 0.25) is 5.91 Å². The molecule has 0 bridgehead atoms. The van der Waals surface area contributed by atoms with E-state index in [0.717, 1.165) is 50.9 Å². The van der Waals surface area contributed by atoms with Crippen molar-refractivity contribution in [2.75, 3.05) is 69.7 Å². The highest BCUT2D eigenvalue weighted by Crippen LogP contribution is 2.31. The molecule has 9 nitrogen and oxygen atoms in total. The first-order valence-corrected chi connectivity index (χ1v) is 14.7. The highest BCUT2D eigenvalue weighted by Gasteiger charge is 2.29. The van der Waals surface area contributed by atoms with Crippen molar-refractivity contribution in [3.63, 3.8) is 0 Å². The topological polar surface area (TPSA) is 94.2 Å². The number of nitrogens with zero attached hydrogens (tertiary/aromatic N) is 3.